The Morgan fingerprint density at radius 2 is 1.79 bits per heavy atom. The summed E-state index contributed by atoms with van der Waals surface area (Å²) in [6.45, 7) is 0. The summed E-state index contributed by atoms with van der Waals surface area (Å²) in [6.07, 6.45) is 3.53. The van der Waals surface area contributed by atoms with Crippen molar-refractivity contribution in [3.8, 4) is 0 Å². The fourth-order valence-corrected chi connectivity index (χ4v) is 3.60. The minimum absolute atomic E-state index is 0.0956. The number of anilines is 1. The van der Waals surface area contributed by atoms with E-state index < -0.39 is 0 Å². The first kappa shape index (κ1) is 15.1. The van der Waals surface area contributed by atoms with Gasteiger partial charge in [0.2, 0.25) is 0 Å². The van der Waals surface area contributed by atoms with Crippen molar-refractivity contribution >= 4 is 52.1 Å². The maximum Gasteiger partial charge on any atom is 0.0651 e. The first-order valence-corrected chi connectivity index (χ1v) is 7.32. The van der Waals surface area contributed by atoms with E-state index in [2.05, 4.69) is 0 Å². The highest BCUT2D eigenvalue weighted by Crippen LogP contribution is 2.41. The largest absolute Gasteiger partial charge is 0.376 e. The molecule has 1 nitrogen and oxygen atoms in total. The van der Waals surface area contributed by atoms with Crippen LogP contribution >= 0.6 is 46.4 Å². The molecule has 0 spiro atoms. The Balaban J connectivity index is 2.43. The molecule has 0 saturated heterocycles. The van der Waals surface area contributed by atoms with E-state index in [0.717, 1.165) is 11.3 Å². The summed E-state index contributed by atoms with van der Waals surface area (Å²) in [4.78, 5) is 1.96. The van der Waals surface area contributed by atoms with E-state index in [1.165, 1.54) is 0 Å². The van der Waals surface area contributed by atoms with Crippen molar-refractivity contribution in [2.24, 2.45) is 0 Å². The summed E-state index contributed by atoms with van der Waals surface area (Å²) in [5, 5.41) is 1.65. The first-order valence-electron chi connectivity index (χ1n) is 5.75. The van der Waals surface area contributed by atoms with Crippen LogP contribution in [0.25, 0.3) is 0 Å². The Bertz CT molecular complexity index is 548. The van der Waals surface area contributed by atoms with E-state index in [1.807, 2.05) is 37.2 Å². The predicted octanol–water partition coefficient (Wildman–Crippen LogP) is 5.36. The normalized spacial score (nSPS) is 22.8. The molecule has 5 heteroatoms. The van der Waals surface area contributed by atoms with Gasteiger partial charge < -0.3 is 4.90 Å². The molecule has 0 radical (unpaired) electrons. The van der Waals surface area contributed by atoms with Crippen molar-refractivity contribution < 1.29 is 0 Å². The lowest BCUT2D eigenvalue weighted by Gasteiger charge is -2.25. The van der Waals surface area contributed by atoms with Crippen molar-refractivity contribution in [1.82, 2.24) is 0 Å². The van der Waals surface area contributed by atoms with Crippen molar-refractivity contribution in [2.75, 3.05) is 19.0 Å². The molecule has 102 valence electrons. The molecule has 1 aliphatic carbocycles. The fraction of sp³-hybridized carbons (Fsp3) is 0.286. The van der Waals surface area contributed by atoms with Crippen LogP contribution in [0.5, 0.6) is 0 Å². The Labute approximate surface area is 133 Å². The maximum absolute atomic E-state index is 6.35. The molecule has 1 aromatic carbocycles. The number of benzene rings is 1. The number of rotatable bonds is 2. The zero-order valence-electron chi connectivity index (χ0n) is 10.5. The highest BCUT2D eigenvalue weighted by molar-refractivity contribution is 6.37. The van der Waals surface area contributed by atoms with Crippen LogP contribution in [0, 0.1) is 0 Å². The first-order chi connectivity index (χ1) is 8.90. The summed E-state index contributed by atoms with van der Waals surface area (Å²) in [5.74, 6) is -0.0956. The molecule has 1 aromatic rings. The second-order valence-electron chi connectivity index (χ2n) is 4.61. The summed E-state index contributed by atoms with van der Waals surface area (Å²) in [5.41, 5.74) is 1.96. The number of hydrogen-bond donors (Lipinski definition) is 0. The number of allylic oxidation sites excluding steroid dienone is 4. The van der Waals surface area contributed by atoms with Gasteiger partial charge in [0.25, 0.3) is 0 Å². The van der Waals surface area contributed by atoms with Gasteiger partial charge in [0.05, 0.1) is 16.1 Å². The minimum atomic E-state index is -0.263. The lowest BCUT2D eigenvalue weighted by Crippen LogP contribution is -2.16. The zero-order chi connectivity index (χ0) is 14.2. The van der Waals surface area contributed by atoms with Crippen molar-refractivity contribution in [3.05, 3.63) is 51.0 Å². The van der Waals surface area contributed by atoms with Gasteiger partial charge in [0.15, 0.2) is 0 Å². The van der Waals surface area contributed by atoms with Crippen LogP contribution in [-0.2, 0) is 0 Å². The molecule has 2 unspecified atom stereocenters. The highest BCUT2D eigenvalue weighted by atomic mass is 35.5. The van der Waals surface area contributed by atoms with Gasteiger partial charge in [-0.15, -0.1) is 11.6 Å². The van der Waals surface area contributed by atoms with Crippen molar-refractivity contribution in [3.63, 3.8) is 0 Å². The molecule has 2 rings (SSSR count). The third-order valence-electron chi connectivity index (χ3n) is 3.02. The van der Waals surface area contributed by atoms with E-state index in [4.69, 9.17) is 46.4 Å². The van der Waals surface area contributed by atoms with Gasteiger partial charge >= 0.3 is 0 Å². The van der Waals surface area contributed by atoms with Crippen LogP contribution in [0.3, 0.4) is 0 Å². The summed E-state index contributed by atoms with van der Waals surface area (Å²) < 4.78 is 0. The lowest BCUT2D eigenvalue weighted by molar-refractivity contribution is 0.842. The molecule has 2 atom stereocenters. The topological polar surface area (TPSA) is 3.24 Å². The molecule has 19 heavy (non-hydrogen) atoms. The SMILES string of the molecule is CN(C)c1cc(C2C(Cl)=CC(Cl)=CC2Cl)ccc1Cl. The molecule has 0 heterocycles. The number of nitrogens with zero attached hydrogens (tertiary/aromatic N) is 1. The average Bonchev–Trinajstić information content (AvgIpc) is 2.29. The van der Waals surface area contributed by atoms with Gasteiger partial charge in [0.1, 0.15) is 0 Å². The van der Waals surface area contributed by atoms with Crippen LogP contribution in [0.2, 0.25) is 5.02 Å². The second kappa shape index (κ2) is 5.97. The molecule has 0 aliphatic heterocycles. The van der Waals surface area contributed by atoms with Crippen LogP contribution in [0.15, 0.2) is 40.4 Å². The Hall–Kier alpha value is -0.340. The smallest absolute Gasteiger partial charge is 0.0651 e. The monoisotopic (exact) mass is 335 g/mol. The molecule has 0 bridgehead atoms. The third kappa shape index (κ3) is 3.22. The zero-order valence-corrected chi connectivity index (χ0v) is 13.5. The quantitative estimate of drug-likeness (QED) is 0.657. The summed E-state index contributed by atoms with van der Waals surface area (Å²) in [7, 11) is 3.89. The van der Waals surface area contributed by atoms with E-state index in [-0.39, 0.29) is 11.3 Å². The van der Waals surface area contributed by atoms with Crippen LogP contribution < -0.4 is 4.90 Å². The molecule has 0 fully saturated rings. The van der Waals surface area contributed by atoms with Crippen molar-refractivity contribution in [2.45, 2.75) is 11.3 Å². The molecular formula is C14H13Cl4N. The minimum Gasteiger partial charge on any atom is -0.376 e. The average molecular weight is 337 g/mol. The molecule has 0 N–H and O–H groups in total. The van der Waals surface area contributed by atoms with Crippen LogP contribution in [0.1, 0.15) is 11.5 Å². The van der Waals surface area contributed by atoms with E-state index in [9.17, 15) is 0 Å². The van der Waals surface area contributed by atoms with Crippen LogP contribution in [0.4, 0.5) is 5.69 Å². The number of alkyl halides is 1. The molecule has 1 aliphatic rings. The van der Waals surface area contributed by atoms with E-state index >= 15 is 0 Å². The standard InChI is InChI=1S/C14H13Cl4N/c1-19(2)13-5-8(3-4-10(13)16)14-11(17)6-9(15)7-12(14)18/h3-7,11,14H,1-2H3. The van der Waals surface area contributed by atoms with Gasteiger partial charge in [-0.3, -0.25) is 0 Å². The van der Waals surface area contributed by atoms with Crippen LogP contribution in [-0.4, -0.2) is 19.5 Å². The summed E-state index contributed by atoms with van der Waals surface area (Å²) >= 11 is 24.8. The van der Waals surface area contributed by atoms with Crippen molar-refractivity contribution in [1.29, 1.82) is 0 Å². The van der Waals surface area contributed by atoms with E-state index in [0.29, 0.717) is 15.1 Å². The third-order valence-corrected chi connectivity index (χ3v) is 4.30. The Morgan fingerprint density at radius 1 is 1.11 bits per heavy atom. The number of hydrogen-bond acceptors (Lipinski definition) is 1. The molecular weight excluding hydrogens is 324 g/mol. The fourth-order valence-electron chi connectivity index (χ4n) is 2.08. The predicted molar refractivity (Wildman–Crippen MR) is 86.0 cm³/mol. The highest BCUT2D eigenvalue weighted by Gasteiger charge is 2.27. The lowest BCUT2D eigenvalue weighted by atomic mass is 9.91. The Kier molecular flexibility index (Phi) is 4.73. The maximum atomic E-state index is 6.35. The molecule has 0 aromatic heterocycles. The van der Waals surface area contributed by atoms with Gasteiger partial charge in [0, 0.05) is 30.1 Å². The summed E-state index contributed by atoms with van der Waals surface area (Å²) in [6, 6.07) is 5.81. The molecule has 0 amide bonds. The Morgan fingerprint density at radius 3 is 2.37 bits per heavy atom. The second-order valence-corrected chi connectivity index (χ2v) is 6.39. The van der Waals surface area contributed by atoms with Gasteiger partial charge in [-0.25, -0.2) is 0 Å². The molecule has 0 saturated carbocycles. The van der Waals surface area contributed by atoms with Gasteiger partial charge in [-0.2, -0.15) is 0 Å². The van der Waals surface area contributed by atoms with E-state index in [1.54, 1.807) is 12.2 Å². The van der Waals surface area contributed by atoms with Gasteiger partial charge in [-0.1, -0.05) is 40.9 Å². The number of halogens is 4. The van der Waals surface area contributed by atoms with Gasteiger partial charge in [-0.05, 0) is 29.8 Å².